The number of aromatic nitrogens is 1. The van der Waals surface area contributed by atoms with E-state index in [-0.39, 0.29) is 5.91 Å². The molecule has 4 rings (SSSR count). The van der Waals surface area contributed by atoms with E-state index in [9.17, 15) is 4.79 Å². The second-order valence-electron chi connectivity index (χ2n) is 4.22. The van der Waals surface area contributed by atoms with E-state index in [4.69, 9.17) is 0 Å². The third-order valence-corrected chi connectivity index (χ3v) is 4.77. The normalized spacial score (nSPS) is 16.0. The molecule has 0 saturated carbocycles. The van der Waals surface area contributed by atoms with E-state index in [2.05, 4.69) is 10.3 Å². The number of benzene rings is 1. The topological polar surface area (TPSA) is 42.0 Å². The third-order valence-electron chi connectivity index (χ3n) is 3.09. The number of nitrogens with zero attached hydrogens (tertiary/aromatic N) is 1. The first-order valence-electron chi connectivity index (χ1n) is 5.76. The van der Waals surface area contributed by atoms with Gasteiger partial charge in [0.05, 0.1) is 27.0 Å². The Morgan fingerprint density at radius 1 is 1.21 bits per heavy atom. The molecule has 1 N–H and O–H groups in total. The molecule has 3 nitrogen and oxygen atoms in total. The largest absolute Gasteiger partial charge is 0.321 e. The summed E-state index contributed by atoms with van der Waals surface area (Å²) in [7, 11) is 0. The van der Waals surface area contributed by atoms with Crippen molar-refractivity contribution in [3.05, 3.63) is 45.6 Å². The minimum Gasteiger partial charge on any atom is -0.321 e. The highest BCUT2D eigenvalue weighted by atomic mass is 32.1. The zero-order chi connectivity index (χ0) is 12.8. The van der Waals surface area contributed by atoms with Crippen LogP contribution in [0.1, 0.15) is 10.4 Å². The van der Waals surface area contributed by atoms with Gasteiger partial charge in [-0.15, -0.1) is 22.7 Å². The maximum atomic E-state index is 12.1. The van der Waals surface area contributed by atoms with Gasteiger partial charge in [-0.1, -0.05) is 6.07 Å². The van der Waals surface area contributed by atoms with Gasteiger partial charge >= 0.3 is 0 Å². The molecule has 2 aromatic heterocycles. The summed E-state index contributed by atoms with van der Waals surface area (Å²) < 4.78 is 1.07. The summed E-state index contributed by atoms with van der Waals surface area (Å²) >= 11 is 3.20. The second-order valence-corrected chi connectivity index (χ2v) is 6.05. The molecule has 1 amide bonds. The molecule has 0 saturated heterocycles. The number of amides is 1. The van der Waals surface area contributed by atoms with Gasteiger partial charge in [0.2, 0.25) is 0 Å². The average Bonchev–Trinajstić information content (AvgIpc) is 3.10. The lowest BCUT2D eigenvalue weighted by atomic mass is 10.1. The van der Waals surface area contributed by atoms with Crippen LogP contribution in [0.2, 0.25) is 0 Å². The highest BCUT2D eigenvalue weighted by Crippen LogP contribution is 2.40. The van der Waals surface area contributed by atoms with Crippen LogP contribution >= 0.6 is 22.7 Å². The summed E-state index contributed by atoms with van der Waals surface area (Å²) in [5, 5.41) is 4.93. The average molecular weight is 284 g/mol. The number of carbonyl (C=O) groups excluding carboxylic acids is 1. The zero-order valence-electron chi connectivity index (χ0n) is 9.71. The summed E-state index contributed by atoms with van der Waals surface area (Å²) in [6, 6.07) is 7.86. The first kappa shape index (κ1) is 10.9. The molecule has 0 radical (unpaired) electrons. The Morgan fingerprint density at radius 2 is 2.16 bits per heavy atom. The van der Waals surface area contributed by atoms with Crippen molar-refractivity contribution in [2.75, 3.05) is 5.32 Å². The Hall–Kier alpha value is -1.98. The number of fused-ring (bicyclic) bond motifs is 3. The Bertz CT molecular complexity index is 815. The Kier molecular flexibility index (Phi) is 2.30. The first-order valence-corrected chi connectivity index (χ1v) is 7.52. The van der Waals surface area contributed by atoms with Crippen LogP contribution in [0.4, 0.5) is 5.69 Å². The Balaban J connectivity index is 2.00. The fraction of sp³-hybridized carbons (Fsp3) is 0. The minimum absolute atomic E-state index is 0.0377. The molecule has 92 valence electrons. The first-order chi connectivity index (χ1) is 9.33. The number of thiophene rings is 1. The number of nitrogens with one attached hydrogen (secondary N) is 1. The maximum Gasteiger partial charge on any atom is 0.256 e. The molecule has 3 aromatic rings. The highest BCUT2D eigenvalue weighted by molar-refractivity contribution is 7.17. The molecule has 0 atom stereocenters. The number of hydrogen-bond acceptors (Lipinski definition) is 4. The van der Waals surface area contributed by atoms with Gasteiger partial charge in [0, 0.05) is 10.4 Å². The van der Waals surface area contributed by atoms with Crippen molar-refractivity contribution in [1.29, 1.82) is 0 Å². The zero-order valence-corrected chi connectivity index (χ0v) is 11.3. The molecule has 19 heavy (non-hydrogen) atoms. The fourth-order valence-electron chi connectivity index (χ4n) is 2.26. The Morgan fingerprint density at radius 3 is 3.00 bits per heavy atom. The second kappa shape index (κ2) is 4.01. The third kappa shape index (κ3) is 1.63. The summed E-state index contributed by atoms with van der Waals surface area (Å²) in [5.74, 6) is -0.0377. The van der Waals surface area contributed by atoms with E-state index in [1.54, 1.807) is 22.7 Å². The van der Waals surface area contributed by atoms with Crippen molar-refractivity contribution < 1.29 is 4.79 Å². The SMILES string of the molecule is O=C1Nc2ccc3ncsc3c2/C1=C/c1cccs1. The van der Waals surface area contributed by atoms with Crippen LogP contribution in [0.5, 0.6) is 0 Å². The van der Waals surface area contributed by atoms with Gasteiger partial charge in [-0.3, -0.25) is 4.79 Å². The molecule has 0 fully saturated rings. The number of hydrogen-bond donors (Lipinski definition) is 1. The summed E-state index contributed by atoms with van der Waals surface area (Å²) in [6.07, 6.45) is 1.95. The predicted molar refractivity (Wildman–Crippen MR) is 80.4 cm³/mol. The molecule has 3 heterocycles. The van der Waals surface area contributed by atoms with Gasteiger partial charge in [0.15, 0.2) is 0 Å². The van der Waals surface area contributed by atoms with E-state index in [0.717, 1.165) is 31.9 Å². The number of thiazole rings is 1. The number of carbonyl (C=O) groups is 1. The summed E-state index contributed by atoms with van der Waals surface area (Å²) in [4.78, 5) is 17.5. The number of anilines is 1. The smallest absolute Gasteiger partial charge is 0.256 e. The molecule has 1 aliphatic heterocycles. The van der Waals surface area contributed by atoms with E-state index < -0.39 is 0 Å². The van der Waals surface area contributed by atoms with E-state index in [1.165, 1.54) is 0 Å². The quantitative estimate of drug-likeness (QED) is 0.690. The number of rotatable bonds is 1. The van der Waals surface area contributed by atoms with Crippen LogP contribution < -0.4 is 5.32 Å². The summed E-state index contributed by atoms with van der Waals surface area (Å²) in [6.45, 7) is 0. The van der Waals surface area contributed by atoms with Gasteiger partial charge in [0.1, 0.15) is 0 Å². The molecule has 0 spiro atoms. The lowest BCUT2D eigenvalue weighted by Crippen LogP contribution is -2.03. The molecule has 0 unspecified atom stereocenters. The molecular weight excluding hydrogens is 276 g/mol. The molecular formula is C14H8N2OS2. The van der Waals surface area contributed by atoms with Crippen molar-refractivity contribution in [3.8, 4) is 0 Å². The van der Waals surface area contributed by atoms with Crippen LogP contribution in [0.3, 0.4) is 0 Å². The van der Waals surface area contributed by atoms with Gasteiger partial charge in [-0.05, 0) is 29.7 Å². The van der Waals surface area contributed by atoms with Crippen LogP contribution in [0, 0.1) is 0 Å². The van der Waals surface area contributed by atoms with E-state index >= 15 is 0 Å². The van der Waals surface area contributed by atoms with Crippen LogP contribution in [-0.2, 0) is 4.79 Å². The lowest BCUT2D eigenvalue weighted by Gasteiger charge is -1.99. The fourth-order valence-corrected chi connectivity index (χ4v) is 3.76. The van der Waals surface area contributed by atoms with E-state index in [1.807, 2.05) is 41.2 Å². The molecule has 5 heteroatoms. The van der Waals surface area contributed by atoms with Crippen molar-refractivity contribution in [3.63, 3.8) is 0 Å². The van der Waals surface area contributed by atoms with Crippen molar-refractivity contribution >= 4 is 56.1 Å². The molecule has 1 aromatic carbocycles. The Labute approximate surface area is 117 Å². The van der Waals surface area contributed by atoms with E-state index in [0.29, 0.717) is 0 Å². The van der Waals surface area contributed by atoms with Crippen molar-refractivity contribution in [1.82, 2.24) is 4.98 Å². The predicted octanol–water partition coefficient (Wildman–Crippen LogP) is 3.85. The van der Waals surface area contributed by atoms with Crippen LogP contribution in [-0.4, -0.2) is 10.9 Å². The molecule has 0 bridgehead atoms. The minimum atomic E-state index is -0.0377. The summed E-state index contributed by atoms with van der Waals surface area (Å²) in [5.41, 5.74) is 5.35. The lowest BCUT2D eigenvalue weighted by molar-refractivity contribution is -0.110. The highest BCUT2D eigenvalue weighted by Gasteiger charge is 2.27. The van der Waals surface area contributed by atoms with Crippen LogP contribution in [0.25, 0.3) is 21.9 Å². The maximum absolute atomic E-state index is 12.1. The standard InChI is InChI=1S/C14H8N2OS2/c17-14-9(6-8-2-1-5-18-8)12-10(16-14)3-4-11-13(12)19-7-15-11/h1-7H,(H,16,17)/b9-6-. The molecule has 0 aliphatic carbocycles. The van der Waals surface area contributed by atoms with Crippen LogP contribution in [0.15, 0.2) is 35.2 Å². The van der Waals surface area contributed by atoms with Crippen molar-refractivity contribution in [2.24, 2.45) is 0 Å². The van der Waals surface area contributed by atoms with Gasteiger partial charge < -0.3 is 5.32 Å². The van der Waals surface area contributed by atoms with Gasteiger partial charge in [0.25, 0.3) is 5.91 Å². The van der Waals surface area contributed by atoms with Gasteiger partial charge in [-0.2, -0.15) is 0 Å². The molecule has 1 aliphatic rings. The monoisotopic (exact) mass is 284 g/mol. The van der Waals surface area contributed by atoms with Crippen molar-refractivity contribution in [2.45, 2.75) is 0 Å². The van der Waals surface area contributed by atoms with Gasteiger partial charge in [-0.25, -0.2) is 4.98 Å².